The standard InChI is InChI=1S/C17H29NO2/c1-5-6-7-8-11-18-14(2)15-9-10-17(20-4)16(12-15)13-19-3/h9-10,12,14,18H,5-8,11,13H2,1-4H3. The Morgan fingerprint density at radius 3 is 2.60 bits per heavy atom. The van der Waals surface area contributed by atoms with Gasteiger partial charge in [-0.25, -0.2) is 0 Å². The van der Waals surface area contributed by atoms with Crippen LogP contribution in [0.15, 0.2) is 18.2 Å². The fraction of sp³-hybridized carbons (Fsp3) is 0.647. The Labute approximate surface area is 123 Å². The van der Waals surface area contributed by atoms with Crippen molar-refractivity contribution in [3.8, 4) is 5.75 Å². The molecule has 0 heterocycles. The van der Waals surface area contributed by atoms with Crippen LogP contribution >= 0.6 is 0 Å². The first-order chi connectivity index (χ1) is 9.72. The van der Waals surface area contributed by atoms with Crippen molar-refractivity contribution in [2.24, 2.45) is 0 Å². The van der Waals surface area contributed by atoms with Crippen LogP contribution in [0.5, 0.6) is 5.75 Å². The minimum Gasteiger partial charge on any atom is -0.496 e. The summed E-state index contributed by atoms with van der Waals surface area (Å²) in [4.78, 5) is 0. The van der Waals surface area contributed by atoms with Gasteiger partial charge in [0.05, 0.1) is 13.7 Å². The molecular weight excluding hydrogens is 250 g/mol. The molecule has 0 saturated heterocycles. The summed E-state index contributed by atoms with van der Waals surface area (Å²) in [5, 5.41) is 3.58. The highest BCUT2D eigenvalue weighted by Crippen LogP contribution is 2.24. The maximum absolute atomic E-state index is 5.36. The molecule has 3 heteroatoms. The van der Waals surface area contributed by atoms with Gasteiger partial charge in [-0.05, 0) is 37.6 Å². The van der Waals surface area contributed by atoms with E-state index in [0.29, 0.717) is 12.6 Å². The Morgan fingerprint density at radius 2 is 1.95 bits per heavy atom. The van der Waals surface area contributed by atoms with Gasteiger partial charge in [0, 0.05) is 18.7 Å². The maximum atomic E-state index is 5.36. The van der Waals surface area contributed by atoms with Gasteiger partial charge in [-0.15, -0.1) is 0 Å². The predicted molar refractivity (Wildman–Crippen MR) is 84.3 cm³/mol. The molecule has 0 aromatic heterocycles. The van der Waals surface area contributed by atoms with Crippen molar-refractivity contribution in [2.45, 2.75) is 52.2 Å². The Morgan fingerprint density at radius 1 is 1.15 bits per heavy atom. The molecule has 0 aliphatic heterocycles. The lowest BCUT2D eigenvalue weighted by molar-refractivity contribution is 0.181. The molecule has 3 nitrogen and oxygen atoms in total. The van der Waals surface area contributed by atoms with E-state index in [0.717, 1.165) is 17.9 Å². The van der Waals surface area contributed by atoms with Crippen molar-refractivity contribution in [1.29, 1.82) is 0 Å². The van der Waals surface area contributed by atoms with Crippen LogP contribution in [0, 0.1) is 0 Å². The Balaban J connectivity index is 2.54. The largest absolute Gasteiger partial charge is 0.496 e. The molecule has 114 valence electrons. The van der Waals surface area contributed by atoms with E-state index in [4.69, 9.17) is 9.47 Å². The van der Waals surface area contributed by atoms with Crippen molar-refractivity contribution in [3.63, 3.8) is 0 Å². The zero-order chi connectivity index (χ0) is 14.8. The summed E-state index contributed by atoms with van der Waals surface area (Å²) in [5.41, 5.74) is 2.39. The van der Waals surface area contributed by atoms with E-state index in [9.17, 15) is 0 Å². The van der Waals surface area contributed by atoms with Gasteiger partial charge in [-0.3, -0.25) is 0 Å². The number of benzene rings is 1. The molecule has 0 saturated carbocycles. The number of rotatable bonds is 10. The molecule has 0 aliphatic carbocycles. The molecule has 1 atom stereocenters. The molecule has 1 aromatic carbocycles. The fourth-order valence-electron chi connectivity index (χ4n) is 2.32. The van der Waals surface area contributed by atoms with E-state index in [1.165, 1.54) is 31.2 Å². The summed E-state index contributed by atoms with van der Waals surface area (Å²) in [5.74, 6) is 0.894. The van der Waals surface area contributed by atoms with Gasteiger partial charge in [0.15, 0.2) is 0 Å². The summed E-state index contributed by atoms with van der Waals surface area (Å²) >= 11 is 0. The first-order valence-electron chi connectivity index (χ1n) is 7.62. The number of ether oxygens (including phenoxy) is 2. The maximum Gasteiger partial charge on any atom is 0.124 e. The second-order valence-electron chi connectivity index (χ2n) is 5.24. The van der Waals surface area contributed by atoms with Crippen molar-refractivity contribution >= 4 is 0 Å². The molecule has 20 heavy (non-hydrogen) atoms. The van der Waals surface area contributed by atoms with Crippen molar-refractivity contribution in [1.82, 2.24) is 5.32 Å². The van der Waals surface area contributed by atoms with Crippen LogP contribution in [0.25, 0.3) is 0 Å². The van der Waals surface area contributed by atoms with Gasteiger partial charge in [-0.2, -0.15) is 0 Å². The normalized spacial score (nSPS) is 12.4. The van der Waals surface area contributed by atoms with Gasteiger partial charge < -0.3 is 14.8 Å². The summed E-state index contributed by atoms with van der Waals surface area (Å²) in [6.07, 6.45) is 5.18. The third-order valence-electron chi connectivity index (χ3n) is 3.59. The molecule has 0 fully saturated rings. The second-order valence-corrected chi connectivity index (χ2v) is 5.24. The van der Waals surface area contributed by atoms with Crippen LogP contribution in [-0.4, -0.2) is 20.8 Å². The fourth-order valence-corrected chi connectivity index (χ4v) is 2.32. The summed E-state index contributed by atoms with van der Waals surface area (Å²) < 4.78 is 10.6. The first kappa shape index (κ1) is 17.0. The Bertz CT molecular complexity index is 379. The average molecular weight is 279 g/mol. The number of methoxy groups -OCH3 is 2. The lowest BCUT2D eigenvalue weighted by atomic mass is 10.0. The van der Waals surface area contributed by atoms with Gasteiger partial charge in [0.25, 0.3) is 0 Å². The van der Waals surface area contributed by atoms with Crippen LogP contribution < -0.4 is 10.1 Å². The van der Waals surface area contributed by atoms with Gasteiger partial charge in [-0.1, -0.05) is 32.3 Å². The van der Waals surface area contributed by atoms with Gasteiger partial charge >= 0.3 is 0 Å². The number of hydrogen-bond donors (Lipinski definition) is 1. The van der Waals surface area contributed by atoms with Gasteiger partial charge in [0.2, 0.25) is 0 Å². The molecule has 0 bridgehead atoms. The molecule has 0 amide bonds. The smallest absolute Gasteiger partial charge is 0.124 e. The zero-order valence-electron chi connectivity index (χ0n) is 13.4. The van der Waals surface area contributed by atoms with Crippen LogP contribution in [0.1, 0.15) is 56.7 Å². The molecular formula is C17H29NO2. The monoisotopic (exact) mass is 279 g/mol. The quantitative estimate of drug-likeness (QED) is 0.655. The third kappa shape index (κ3) is 5.51. The Kier molecular flexibility index (Phi) is 8.31. The van der Waals surface area contributed by atoms with Crippen LogP contribution in [0.3, 0.4) is 0 Å². The van der Waals surface area contributed by atoms with Crippen LogP contribution in [0.4, 0.5) is 0 Å². The first-order valence-corrected chi connectivity index (χ1v) is 7.62. The van der Waals surface area contributed by atoms with E-state index in [1.54, 1.807) is 14.2 Å². The number of hydrogen-bond acceptors (Lipinski definition) is 3. The molecule has 0 aliphatic rings. The minimum atomic E-state index is 0.359. The lowest BCUT2D eigenvalue weighted by Gasteiger charge is -2.17. The second kappa shape index (κ2) is 9.78. The van der Waals surface area contributed by atoms with Crippen LogP contribution in [0.2, 0.25) is 0 Å². The van der Waals surface area contributed by atoms with E-state index >= 15 is 0 Å². The van der Waals surface area contributed by atoms with Crippen molar-refractivity contribution in [2.75, 3.05) is 20.8 Å². The van der Waals surface area contributed by atoms with E-state index in [2.05, 4.69) is 31.3 Å². The molecule has 0 spiro atoms. The average Bonchev–Trinajstić information content (AvgIpc) is 2.47. The Hall–Kier alpha value is -1.06. The third-order valence-corrected chi connectivity index (χ3v) is 3.59. The number of nitrogens with one attached hydrogen (secondary N) is 1. The SMILES string of the molecule is CCCCCCNC(C)c1ccc(OC)c(COC)c1. The van der Waals surface area contributed by atoms with E-state index in [-0.39, 0.29) is 0 Å². The highest BCUT2D eigenvalue weighted by Gasteiger charge is 2.09. The highest BCUT2D eigenvalue weighted by molar-refractivity contribution is 5.38. The zero-order valence-corrected chi connectivity index (χ0v) is 13.4. The molecule has 0 radical (unpaired) electrons. The van der Waals surface area contributed by atoms with Crippen molar-refractivity contribution in [3.05, 3.63) is 29.3 Å². The van der Waals surface area contributed by atoms with Crippen LogP contribution in [-0.2, 0) is 11.3 Å². The molecule has 1 N–H and O–H groups in total. The minimum absolute atomic E-state index is 0.359. The highest BCUT2D eigenvalue weighted by atomic mass is 16.5. The summed E-state index contributed by atoms with van der Waals surface area (Å²) in [6, 6.07) is 6.69. The van der Waals surface area contributed by atoms with E-state index in [1.807, 2.05) is 6.07 Å². The molecule has 1 unspecified atom stereocenters. The number of unbranched alkanes of at least 4 members (excludes halogenated alkanes) is 3. The summed E-state index contributed by atoms with van der Waals surface area (Å²) in [6.45, 7) is 6.11. The molecule has 1 aromatic rings. The molecule has 1 rings (SSSR count). The van der Waals surface area contributed by atoms with Crippen molar-refractivity contribution < 1.29 is 9.47 Å². The predicted octanol–water partition coefficient (Wildman–Crippen LogP) is 4.07. The van der Waals surface area contributed by atoms with E-state index < -0.39 is 0 Å². The summed E-state index contributed by atoms with van der Waals surface area (Å²) in [7, 11) is 3.41. The van der Waals surface area contributed by atoms with Gasteiger partial charge in [0.1, 0.15) is 5.75 Å². The lowest BCUT2D eigenvalue weighted by Crippen LogP contribution is -2.20. The topological polar surface area (TPSA) is 30.5 Å².